The number of hydrogen-bond donors (Lipinski definition) is 3. The molecule has 0 aromatic heterocycles. The smallest absolute Gasteiger partial charge is 0.319 e. The van der Waals surface area contributed by atoms with Crippen molar-refractivity contribution in [2.75, 3.05) is 25.6 Å². The van der Waals surface area contributed by atoms with Crippen LogP contribution in [0.3, 0.4) is 0 Å². The Hall–Kier alpha value is -2.93. The van der Waals surface area contributed by atoms with Crippen LogP contribution in [0.4, 0.5) is 10.5 Å². The van der Waals surface area contributed by atoms with Crippen LogP contribution in [0.25, 0.3) is 0 Å². The van der Waals surface area contributed by atoms with Gasteiger partial charge in [-0.3, -0.25) is 4.79 Å². The summed E-state index contributed by atoms with van der Waals surface area (Å²) in [7, 11) is 1.57. The Morgan fingerprint density at radius 2 is 1.89 bits per heavy atom. The van der Waals surface area contributed by atoms with E-state index in [1.54, 1.807) is 37.4 Å². The van der Waals surface area contributed by atoms with Gasteiger partial charge < -0.3 is 25.4 Å². The van der Waals surface area contributed by atoms with E-state index in [9.17, 15) is 9.59 Å². The number of methoxy groups -OCH3 is 1. The van der Waals surface area contributed by atoms with E-state index in [0.29, 0.717) is 34.3 Å². The van der Waals surface area contributed by atoms with Gasteiger partial charge >= 0.3 is 6.03 Å². The van der Waals surface area contributed by atoms with Gasteiger partial charge in [0.2, 0.25) is 0 Å². The summed E-state index contributed by atoms with van der Waals surface area (Å²) in [5.41, 5.74) is 0.819. The molecule has 0 aliphatic heterocycles. The van der Waals surface area contributed by atoms with Crippen molar-refractivity contribution in [2.45, 2.75) is 18.9 Å². The molecule has 0 bridgehead atoms. The number of benzene rings is 2. The monoisotopic (exact) mass is 403 g/mol. The number of amides is 3. The van der Waals surface area contributed by atoms with Crippen molar-refractivity contribution in [3.05, 3.63) is 53.1 Å². The second-order valence-electron chi connectivity index (χ2n) is 6.32. The highest BCUT2D eigenvalue weighted by molar-refractivity contribution is 6.34. The van der Waals surface area contributed by atoms with Gasteiger partial charge in [0, 0.05) is 11.7 Å². The predicted octanol–water partition coefficient (Wildman–Crippen LogP) is 3.44. The standard InChI is InChI=1S/C20H22ClN3O4/c1-27-17-4-2-3-5-18(17)28-11-10-22-20(26)24-14-8-9-16(21)15(12-14)19(25)23-13-6-7-13/h2-5,8-9,12-13H,6-7,10-11H2,1H3,(H,23,25)(H2,22,24,26). The molecule has 0 unspecified atom stereocenters. The fraction of sp³-hybridized carbons (Fsp3) is 0.300. The highest BCUT2D eigenvalue weighted by Gasteiger charge is 2.24. The minimum Gasteiger partial charge on any atom is -0.493 e. The molecule has 2 aromatic carbocycles. The van der Waals surface area contributed by atoms with Crippen LogP contribution in [-0.4, -0.2) is 38.2 Å². The van der Waals surface area contributed by atoms with Crippen molar-refractivity contribution >= 4 is 29.2 Å². The molecule has 1 aliphatic carbocycles. The third kappa shape index (κ3) is 5.53. The van der Waals surface area contributed by atoms with Crippen LogP contribution in [0.2, 0.25) is 5.02 Å². The van der Waals surface area contributed by atoms with Crippen molar-refractivity contribution < 1.29 is 19.1 Å². The van der Waals surface area contributed by atoms with Crippen LogP contribution < -0.4 is 25.4 Å². The van der Waals surface area contributed by atoms with Gasteiger partial charge in [-0.25, -0.2) is 4.79 Å². The molecule has 3 rings (SSSR count). The van der Waals surface area contributed by atoms with Gasteiger partial charge in [0.15, 0.2) is 11.5 Å². The molecule has 2 aromatic rings. The van der Waals surface area contributed by atoms with Gasteiger partial charge in [-0.05, 0) is 43.2 Å². The van der Waals surface area contributed by atoms with Gasteiger partial charge in [0.05, 0.1) is 24.2 Å². The van der Waals surface area contributed by atoms with E-state index in [-0.39, 0.29) is 18.6 Å². The van der Waals surface area contributed by atoms with Crippen molar-refractivity contribution in [2.24, 2.45) is 0 Å². The molecule has 0 spiro atoms. The van der Waals surface area contributed by atoms with E-state index >= 15 is 0 Å². The van der Waals surface area contributed by atoms with E-state index in [1.807, 2.05) is 12.1 Å². The quantitative estimate of drug-likeness (QED) is 0.589. The third-order valence-electron chi connectivity index (χ3n) is 4.10. The van der Waals surface area contributed by atoms with Crippen LogP contribution in [0, 0.1) is 0 Å². The maximum Gasteiger partial charge on any atom is 0.319 e. The van der Waals surface area contributed by atoms with Gasteiger partial charge in [0.1, 0.15) is 6.61 Å². The number of anilines is 1. The largest absolute Gasteiger partial charge is 0.493 e. The molecule has 7 nitrogen and oxygen atoms in total. The van der Waals surface area contributed by atoms with Crippen LogP contribution in [-0.2, 0) is 0 Å². The molecular weight excluding hydrogens is 382 g/mol. The Balaban J connectivity index is 1.47. The maximum absolute atomic E-state index is 12.2. The first kappa shape index (κ1) is 19.8. The Bertz CT molecular complexity index is 855. The first-order valence-electron chi connectivity index (χ1n) is 8.98. The van der Waals surface area contributed by atoms with E-state index in [0.717, 1.165) is 12.8 Å². The van der Waals surface area contributed by atoms with E-state index in [1.165, 1.54) is 0 Å². The van der Waals surface area contributed by atoms with E-state index in [2.05, 4.69) is 16.0 Å². The van der Waals surface area contributed by atoms with Crippen LogP contribution in [0.1, 0.15) is 23.2 Å². The van der Waals surface area contributed by atoms with Crippen molar-refractivity contribution in [3.8, 4) is 11.5 Å². The second-order valence-corrected chi connectivity index (χ2v) is 6.73. The zero-order valence-electron chi connectivity index (χ0n) is 15.5. The highest BCUT2D eigenvalue weighted by Crippen LogP contribution is 2.25. The molecule has 3 amide bonds. The van der Waals surface area contributed by atoms with Crippen molar-refractivity contribution in [3.63, 3.8) is 0 Å². The minimum atomic E-state index is -0.403. The summed E-state index contributed by atoms with van der Waals surface area (Å²) in [5, 5.41) is 8.60. The fourth-order valence-electron chi connectivity index (χ4n) is 2.51. The Morgan fingerprint density at radius 3 is 2.61 bits per heavy atom. The zero-order chi connectivity index (χ0) is 19.9. The lowest BCUT2D eigenvalue weighted by Crippen LogP contribution is -2.32. The maximum atomic E-state index is 12.2. The number of ether oxygens (including phenoxy) is 2. The topological polar surface area (TPSA) is 88.7 Å². The lowest BCUT2D eigenvalue weighted by atomic mass is 10.2. The molecule has 0 saturated heterocycles. The molecule has 1 fully saturated rings. The Morgan fingerprint density at radius 1 is 1.14 bits per heavy atom. The molecule has 8 heteroatoms. The van der Waals surface area contributed by atoms with Gasteiger partial charge in [-0.15, -0.1) is 0 Å². The Labute approximate surface area is 168 Å². The Kier molecular flexibility index (Phi) is 6.60. The molecule has 1 saturated carbocycles. The molecule has 148 valence electrons. The number of urea groups is 1. The molecule has 0 radical (unpaired) electrons. The molecular formula is C20H22ClN3O4. The normalized spacial score (nSPS) is 12.8. The second kappa shape index (κ2) is 9.32. The first-order valence-corrected chi connectivity index (χ1v) is 9.35. The molecule has 28 heavy (non-hydrogen) atoms. The predicted molar refractivity (Wildman–Crippen MR) is 107 cm³/mol. The summed E-state index contributed by atoms with van der Waals surface area (Å²) in [6, 6.07) is 11.9. The van der Waals surface area contributed by atoms with Gasteiger partial charge in [0.25, 0.3) is 5.91 Å². The summed E-state index contributed by atoms with van der Waals surface area (Å²) >= 11 is 6.10. The summed E-state index contributed by atoms with van der Waals surface area (Å²) in [4.78, 5) is 24.3. The van der Waals surface area contributed by atoms with Gasteiger partial charge in [-0.2, -0.15) is 0 Å². The van der Waals surface area contributed by atoms with Crippen molar-refractivity contribution in [1.29, 1.82) is 0 Å². The molecule has 0 atom stereocenters. The SMILES string of the molecule is COc1ccccc1OCCNC(=O)Nc1ccc(Cl)c(C(=O)NC2CC2)c1. The number of hydrogen-bond acceptors (Lipinski definition) is 4. The fourth-order valence-corrected chi connectivity index (χ4v) is 2.71. The summed E-state index contributed by atoms with van der Waals surface area (Å²) in [6.45, 7) is 0.579. The average Bonchev–Trinajstić information content (AvgIpc) is 3.51. The first-order chi connectivity index (χ1) is 13.6. The number of nitrogens with one attached hydrogen (secondary N) is 3. The van der Waals surface area contributed by atoms with Crippen molar-refractivity contribution in [1.82, 2.24) is 10.6 Å². The van der Waals surface area contributed by atoms with Crippen LogP contribution >= 0.6 is 11.6 Å². The highest BCUT2D eigenvalue weighted by atomic mass is 35.5. The number of carbonyl (C=O) groups excluding carboxylic acids is 2. The minimum absolute atomic E-state index is 0.228. The van der Waals surface area contributed by atoms with Crippen LogP contribution in [0.5, 0.6) is 11.5 Å². The average molecular weight is 404 g/mol. The number of halogens is 1. The summed E-state index contributed by atoms with van der Waals surface area (Å²) in [6.07, 6.45) is 1.97. The lowest BCUT2D eigenvalue weighted by Gasteiger charge is -2.12. The molecule has 3 N–H and O–H groups in total. The van der Waals surface area contributed by atoms with E-state index < -0.39 is 6.03 Å². The van der Waals surface area contributed by atoms with Gasteiger partial charge in [-0.1, -0.05) is 23.7 Å². The number of carbonyl (C=O) groups is 2. The molecule has 0 heterocycles. The summed E-state index contributed by atoms with van der Waals surface area (Å²) < 4.78 is 10.8. The number of rotatable bonds is 8. The summed E-state index contributed by atoms with van der Waals surface area (Å²) in [5.74, 6) is 1.00. The van der Waals surface area contributed by atoms with E-state index in [4.69, 9.17) is 21.1 Å². The third-order valence-corrected chi connectivity index (χ3v) is 4.43. The number of para-hydroxylation sites is 2. The lowest BCUT2D eigenvalue weighted by molar-refractivity contribution is 0.0951. The van der Waals surface area contributed by atoms with Crippen LogP contribution in [0.15, 0.2) is 42.5 Å². The zero-order valence-corrected chi connectivity index (χ0v) is 16.2. The molecule has 1 aliphatic rings.